The summed E-state index contributed by atoms with van der Waals surface area (Å²) in [6.07, 6.45) is 10.7. The number of hydrogen-bond donors (Lipinski definition) is 0. The van der Waals surface area contributed by atoms with E-state index in [4.69, 9.17) is 0 Å². The molecule has 0 N–H and O–H groups in total. The molecule has 0 radical (unpaired) electrons. The van der Waals surface area contributed by atoms with Crippen molar-refractivity contribution in [2.45, 2.75) is 38.5 Å². The Bertz CT molecular complexity index is 735. The number of piperazine rings is 1. The molecule has 1 saturated carbocycles. The highest BCUT2D eigenvalue weighted by Gasteiger charge is 2.25. The van der Waals surface area contributed by atoms with Crippen LogP contribution in [0.15, 0.2) is 36.7 Å². The molecule has 1 aliphatic heterocycles. The Labute approximate surface area is 160 Å². The fraction of sp³-hybridized carbons (Fsp3) is 0.524. The van der Waals surface area contributed by atoms with E-state index in [0.717, 1.165) is 49.7 Å². The van der Waals surface area contributed by atoms with Gasteiger partial charge >= 0.3 is 0 Å². The summed E-state index contributed by atoms with van der Waals surface area (Å²) in [6, 6.07) is 7.87. The summed E-state index contributed by atoms with van der Waals surface area (Å²) >= 11 is 0. The Morgan fingerprint density at radius 3 is 2.48 bits per heavy atom. The van der Waals surface area contributed by atoms with Crippen LogP contribution in [0, 0.1) is 5.92 Å². The van der Waals surface area contributed by atoms with E-state index in [1.807, 2.05) is 29.2 Å². The Morgan fingerprint density at radius 2 is 1.81 bits per heavy atom. The number of pyridine rings is 1. The SMILES string of the molecule is O=C(CC1CCCCC1)N1CCN(c2ccc(-c3cccnc3)nn2)CC1. The summed E-state index contributed by atoms with van der Waals surface area (Å²) in [5.74, 6) is 1.82. The third-order valence-electron chi connectivity index (χ3n) is 5.75. The maximum atomic E-state index is 12.6. The quantitative estimate of drug-likeness (QED) is 0.833. The Kier molecular flexibility index (Phi) is 5.61. The molecule has 2 aromatic rings. The molecule has 6 heteroatoms. The van der Waals surface area contributed by atoms with Gasteiger partial charge in [0.25, 0.3) is 0 Å². The first kappa shape index (κ1) is 17.9. The molecule has 0 spiro atoms. The monoisotopic (exact) mass is 365 g/mol. The van der Waals surface area contributed by atoms with Crippen molar-refractivity contribution in [2.24, 2.45) is 5.92 Å². The van der Waals surface area contributed by atoms with Gasteiger partial charge in [-0.3, -0.25) is 9.78 Å². The van der Waals surface area contributed by atoms with Crippen LogP contribution in [-0.2, 0) is 4.79 Å². The maximum absolute atomic E-state index is 12.6. The molecule has 142 valence electrons. The fourth-order valence-electron chi connectivity index (χ4n) is 4.11. The summed E-state index contributed by atoms with van der Waals surface area (Å²) in [7, 11) is 0. The molecule has 0 atom stereocenters. The van der Waals surface area contributed by atoms with Gasteiger partial charge in [-0.15, -0.1) is 10.2 Å². The molecule has 1 aliphatic carbocycles. The fourth-order valence-corrected chi connectivity index (χ4v) is 4.11. The van der Waals surface area contributed by atoms with Gasteiger partial charge in [0.05, 0.1) is 5.69 Å². The normalized spacial score (nSPS) is 18.5. The van der Waals surface area contributed by atoms with Crippen molar-refractivity contribution >= 4 is 11.7 Å². The second kappa shape index (κ2) is 8.46. The van der Waals surface area contributed by atoms with E-state index in [1.165, 1.54) is 32.1 Å². The van der Waals surface area contributed by atoms with Crippen LogP contribution in [0.4, 0.5) is 5.82 Å². The largest absolute Gasteiger partial charge is 0.352 e. The molecular weight excluding hydrogens is 338 g/mol. The second-order valence-electron chi connectivity index (χ2n) is 7.59. The number of anilines is 1. The topological polar surface area (TPSA) is 62.2 Å². The van der Waals surface area contributed by atoms with E-state index in [2.05, 4.69) is 20.1 Å². The van der Waals surface area contributed by atoms with Gasteiger partial charge in [-0.05, 0) is 43.0 Å². The van der Waals surface area contributed by atoms with Gasteiger partial charge in [0.15, 0.2) is 5.82 Å². The van der Waals surface area contributed by atoms with Crippen LogP contribution in [-0.4, -0.2) is 52.2 Å². The lowest BCUT2D eigenvalue weighted by Crippen LogP contribution is -2.49. The van der Waals surface area contributed by atoms with E-state index in [-0.39, 0.29) is 0 Å². The number of nitrogens with zero attached hydrogens (tertiary/aromatic N) is 5. The molecule has 0 aromatic carbocycles. The molecule has 2 aromatic heterocycles. The third kappa shape index (κ3) is 4.43. The number of rotatable bonds is 4. The average molecular weight is 365 g/mol. The first-order valence-electron chi connectivity index (χ1n) is 10.1. The molecule has 0 bridgehead atoms. The van der Waals surface area contributed by atoms with Crippen molar-refractivity contribution in [2.75, 3.05) is 31.1 Å². The summed E-state index contributed by atoms with van der Waals surface area (Å²) in [4.78, 5) is 21.0. The Morgan fingerprint density at radius 1 is 1.00 bits per heavy atom. The van der Waals surface area contributed by atoms with Gasteiger partial charge in [0, 0.05) is 50.6 Å². The zero-order valence-electron chi connectivity index (χ0n) is 15.8. The first-order valence-corrected chi connectivity index (χ1v) is 10.1. The maximum Gasteiger partial charge on any atom is 0.222 e. The Balaban J connectivity index is 1.30. The van der Waals surface area contributed by atoms with Gasteiger partial charge in [-0.2, -0.15) is 0 Å². The zero-order valence-corrected chi connectivity index (χ0v) is 15.8. The van der Waals surface area contributed by atoms with Crippen molar-refractivity contribution in [1.29, 1.82) is 0 Å². The van der Waals surface area contributed by atoms with E-state index < -0.39 is 0 Å². The van der Waals surface area contributed by atoms with E-state index in [0.29, 0.717) is 11.8 Å². The molecule has 3 heterocycles. The lowest BCUT2D eigenvalue weighted by Gasteiger charge is -2.36. The number of carbonyl (C=O) groups is 1. The lowest BCUT2D eigenvalue weighted by molar-refractivity contribution is -0.132. The standard InChI is InChI=1S/C21H27N5O/c27-21(15-17-5-2-1-3-6-17)26-13-11-25(12-14-26)20-9-8-19(23-24-20)18-7-4-10-22-16-18/h4,7-10,16-17H,1-3,5-6,11-15H2. The van der Waals surface area contributed by atoms with Gasteiger partial charge < -0.3 is 9.80 Å². The first-order chi connectivity index (χ1) is 13.3. The van der Waals surface area contributed by atoms with E-state index in [1.54, 1.807) is 12.4 Å². The smallest absolute Gasteiger partial charge is 0.222 e. The third-order valence-corrected chi connectivity index (χ3v) is 5.75. The number of amides is 1. The highest BCUT2D eigenvalue weighted by molar-refractivity contribution is 5.76. The molecule has 4 rings (SSSR count). The minimum absolute atomic E-state index is 0.333. The molecule has 6 nitrogen and oxygen atoms in total. The number of carbonyl (C=O) groups excluding carboxylic acids is 1. The molecule has 1 amide bonds. The Hall–Kier alpha value is -2.50. The van der Waals surface area contributed by atoms with Crippen LogP contribution in [0.2, 0.25) is 0 Å². The molecule has 0 unspecified atom stereocenters. The predicted octanol–water partition coefficient (Wildman–Crippen LogP) is 3.16. The minimum Gasteiger partial charge on any atom is -0.352 e. The second-order valence-corrected chi connectivity index (χ2v) is 7.59. The minimum atomic E-state index is 0.333. The van der Waals surface area contributed by atoms with Gasteiger partial charge in [0.1, 0.15) is 0 Å². The number of hydrogen-bond acceptors (Lipinski definition) is 5. The van der Waals surface area contributed by atoms with Crippen LogP contribution in [0.1, 0.15) is 38.5 Å². The summed E-state index contributed by atoms with van der Waals surface area (Å²) in [5, 5.41) is 8.73. The van der Waals surface area contributed by atoms with Crippen molar-refractivity contribution in [3.05, 3.63) is 36.7 Å². The molecular formula is C21H27N5O. The molecule has 2 fully saturated rings. The summed E-state index contributed by atoms with van der Waals surface area (Å²) in [6.45, 7) is 3.18. The van der Waals surface area contributed by atoms with Crippen molar-refractivity contribution in [3.63, 3.8) is 0 Å². The van der Waals surface area contributed by atoms with E-state index >= 15 is 0 Å². The van der Waals surface area contributed by atoms with Crippen LogP contribution >= 0.6 is 0 Å². The van der Waals surface area contributed by atoms with Crippen molar-refractivity contribution < 1.29 is 4.79 Å². The van der Waals surface area contributed by atoms with Gasteiger partial charge in [-0.25, -0.2) is 0 Å². The lowest BCUT2D eigenvalue weighted by atomic mass is 9.86. The van der Waals surface area contributed by atoms with Gasteiger partial charge in [0.2, 0.25) is 5.91 Å². The zero-order chi connectivity index (χ0) is 18.5. The highest BCUT2D eigenvalue weighted by Crippen LogP contribution is 2.27. The summed E-state index contributed by atoms with van der Waals surface area (Å²) < 4.78 is 0. The van der Waals surface area contributed by atoms with Crippen molar-refractivity contribution in [1.82, 2.24) is 20.1 Å². The van der Waals surface area contributed by atoms with Gasteiger partial charge in [-0.1, -0.05) is 19.3 Å². The van der Waals surface area contributed by atoms with Crippen LogP contribution in [0.5, 0.6) is 0 Å². The molecule has 2 aliphatic rings. The van der Waals surface area contributed by atoms with E-state index in [9.17, 15) is 4.79 Å². The van der Waals surface area contributed by atoms with Crippen LogP contribution in [0.3, 0.4) is 0 Å². The summed E-state index contributed by atoms with van der Waals surface area (Å²) in [5.41, 5.74) is 1.79. The highest BCUT2D eigenvalue weighted by atomic mass is 16.2. The predicted molar refractivity (Wildman–Crippen MR) is 105 cm³/mol. The average Bonchev–Trinajstić information content (AvgIpc) is 2.75. The molecule has 27 heavy (non-hydrogen) atoms. The number of aromatic nitrogens is 3. The van der Waals surface area contributed by atoms with Crippen LogP contribution < -0.4 is 4.90 Å². The molecule has 1 saturated heterocycles. The van der Waals surface area contributed by atoms with Crippen molar-refractivity contribution in [3.8, 4) is 11.3 Å². The van der Waals surface area contributed by atoms with Crippen LogP contribution in [0.25, 0.3) is 11.3 Å².